The van der Waals surface area contributed by atoms with Crippen LogP contribution >= 0.6 is 0 Å². The van der Waals surface area contributed by atoms with E-state index >= 15 is 0 Å². The van der Waals surface area contributed by atoms with Gasteiger partial charge in [-0.25, -0.2) is 0 Å². The van der Waals surface area contributed by atoms with Crippen molar-refractivity contribution in [2.75, 3.05) is 14.2 Å². The first-order chi connectivity index (χ1) is 12.4. The lowest BCUT2D eigenvalue weighted by atomic mass is 9.69. The molecule has 1 aromatic rings. The first kappa shape index (κ1) is 20.6. The highest BCUT2D eigenvalue weighted by molar-refractivity contribution is 5.52. The summed E-state index contributed by atoms with van der Waals surface area (Å²) < 4.78 is 11.5. The molecule has 1 fully saturated rings. The second kappa shape index (κ2) is 9.27. The van der Waals surface area contributed by atoms with Crippen LogP contribution in [0.3, 0.4) is 0 Å². The summed E-state index contributed by atoms with van der Waals surface area (Å²) in [6, 6.07) is 4.21. The Bertz CT molecular complexity index is 622. The van der Waals surface area contributed by atoms with Crippen molar-refractivity contribution < 1.29 is 14.6 Å². The maximum atomic E-state index is 10.9. The fourth-order valence-corrected chi connectivity index (χ4v) is 4.10. The quantitative estimate of drug-likeness (QED) is 0.498. The number of benzene rings is 1. The lowest BCUT2D eigenvalue weighted by Gasteiger charge is -2.39. The Balaban J connectivity index is 2.50. The molecular formula is C23H34O3. The molecule has 1 aromatic carbocycles. The van der Waals surface area contributed by atoms with Crippen LogP contribution in [0, 0.1) is 5.92 Å². The number of rotatable bonds is 8. The second-order valence-corrected chi connectivity index (χ2v) is 7.49. The van der Waals surface area contributed by atoms with Gasteiger partial charge in [-0.2, -0.15) is 0 Å². The molecule has 0 saturated heterocycles. The molecule has 0 bridgehead atoms. The monoisotopic (exact) mass is 358 g/mol. The lowest BCUT2D eigenvalue weighted by Crippen LogP contribution is -2.33. The van der Waals surface area contributed by atoms with Crippen LogP contribution < -0.4 is 9.47 Å². The summed E-state index contributed by atoms with van der Waals surface area (Å²) >= 11 is 0. The maximum Gasteiger partial charge on any atom is 0.126 e. The summed E-state index contributed by atoms with van der Waals surface area (Å²) in [4.78, 5) is 0. The predicted octanol–water partition coefficient (Wildman–Crippen LogP) is 5.42. The number of methoxy groups -OCH3 is 2. The summed E-state index contributed by atoms with van der Waals surface area (Å²) in [5.41, 5.74) is 4.11. The normalized spacial score (nSPS) is 23.0. The smallest absolute Gasteiger partial charge is 0.126 e. The lowest BCUT2D eigenvalue weighted by molar-refractivity contribution is 0.126. The van der Waals surface area contributed by atoms with Crippen molar-refractivity contribution in [3.63, 3.8) is 0 Å². The molecule has 26 heavy (non-hydrogen) atoms. The Morgan fingerprint density at radius 1 is 1.19 bits per heavy atom. The van der Waals surface area contributed by atoms with E-state index < -0.39 is 6.10 Å². The third kappa shape index (κ3) is 4.32. The molecule has 1 aliphatic carbocycles. The number of unbranched alkanes of at least 4 members (excludes halogenated alkanes) is 2. The average molecular weight is 359 g/mol. The molecule has 0 amide bonds. The van der Waals surface area contributed by atoms with E-state index in [0.29, 0.717) is 0 Å². The van der Waals surface area contributed by atoms with Gasteiger partial charge in [-0.3, -0.25) is 0 Å². The van der Waals surface area contributed by atoms with Gasteiger partial charge < -0.3 is 14.6 Å². The standard InChI is InChI=1S/C23H34O3/c1-7-8-9-10-17-13-19(25-5)22(20(14-17)26-6)21-18(15(2)3)12-11-16(4)23(21)24/h13-14,18,21,23-24H,2,4,7-12H2,1,3,5-6H3/t18-,21+,23-/m0/s1. The number of allylic oxidation sites excluding steroid dienone is 1. The van der Waals surface area contributed by atoms with Gasteiger partial charge in [0.2, 0.25) is 0 Å². The van der Waals surface area contributed by atoms with Gasteiger partial charge >= 0.3 is 0 Å². The second-order valence-electron chi connectivity index (χ2n) is 7.49. The fourth-order valence-electron chi connectivity index (χ4n) is 4.10. The highest BCUT2D eigenvalue weighted by Gasteiger charge is 2.39. The summed E-state index contributed by atoms with van der Waals surface area (Å²) in [6.45, 7) is 12.5. The number of aliphatic hydroxyl groups excluding tert-OH is 1. The van der Waals surface area contributed by atoms with E-state index in [1.807, 2.05) is 6.92 Å². The first-order valence-electron chi connectivity index (χ1n) is 9.70. The van der Waals surface area contributed by atoms with Gasteiger partial charge in [0.05, 0.1) is 20.3 Å². The number of aliphatic hydroxyl groups is 1. The molecule has 3 heteroatoms. The minimum Gasteiger partial charge on any atom is -0.496 e. The molecule has 0 aliphatic heterocycles. The van der Waals surface area contributed by atoms with E-state index in [9.17, 15) is 5.11 Å². The average Bonchev–Trinajstić information content (AvgIpc) is 2.63. The van der Waals surface area contributed by atoms with E-state index in [1.165, 1.54) is 18.4 Å². The summed E-state index contributed by atoms with van der Waals surface area (Å²) in [7, 11) is 3.38. The minimum atomic E-state index is -0.612. The third-order valence-corrected chi connectivity index (χ3v) is 5.61. The van der Waals surface area contributed by atoms with Crippen LogP contribution in [-0.2, 0) is 6.42 Å². The van der Waals surface area contributed by atoms with Gasteiger partial charge in [0.15, 0.2) is 0 Å². The van der Waals surface area contributed by atoms with Gasteiger partial charge in [0.1, 0.15) is 11.5 Å². The van der Waals surface area contributed by atoms with Crippen LogP contribution in [0.15, 0.2) is 36.4 Å². The molecule has 144 valence electrons. The van der Waals surface area contributed by atoms with E-state index in [4.69, 9.17) is 9.47 Å². The van der Waals surface area contributed by atoms with Crippen molar-refractivity contribution in [3.8, 4) is 11.5 Å². The topological polar surface area (TPSA) is 38.7 Å². The van der Waals surface area contributed by atoms with Crippen LogP contribution in [0.4, 0.5) is 0 Å². The van der Waals surface area contributed by atoms with Gasteiger partial charge in [-0.15, -0.1) is 0 Å². The molecule has 1 aliphatic rings. The number of aryl methyl sites for hydroxylation is 1. The van der Waals surface area contributed by atoms with Crippen molar-refractivity contribution in [2.24, 2.45) is 5.92 Å². The van der Waals surface area contributed by atoms with E-state index in [2.05, 4.69) is 32.2 Å². The number of hydrogen-bond donors (Lipinski definition) is 1. The minimum absolute atomic E-state index is 0.136. The molecule has 2 rings (SSSR count). The van der Waals surface area contributed by atoms with Crippen molar-refractivity contribution in [1.82, 2.24) is 0 Å². The Hall–Kier alpha value is -1.74. The Morgan fingerprint density at radius 2 is 1.81 bits per heavy atom. The molecule has 1 saturated carbocycles. The van der Waals surface area contributed by atoms with Crippen molar-refractivity contribution in [2.45, 2.75) is 64.4 Å². The maximum absolute atomic E-state index is 10.9. The predicted molar refractivity (Wildman–Crippen MR) is 108 cm³/mol. The van der Waals surface area contributed by atoms with Gasteiger partial charge in [0.25, 0.3) is 0 Å². The molecule has 0 aromatic heterocycles. The molecule has 1 N–H and O–H groups in total. The highest BCUT2D eigenvalue weighted by Crippen LogP contribution is 2.49. The molecular weight excluding hydrogens is 324 g/mol. The SMILES string of the molecule is C=C1CC[C@@H](C(=C)C)[C@H](c2c(OC)cc(CCCCC)cc2OC)[C@H]1O. The zero-order valence-electron chi connectivity index (χ0n) is 16.8. The van der Waals surface area contributed by atoms with Crippen LogP contribution in [-0.4, -0.2) is 25.4 Å². The van der Waals surface area contributed by atoms with Crippen molar-refractivity contribution in [1.29, 1.82) is 0 Å². The first-order valence-corrected chi connectivity index (χ1v) is 9.70. The van der Waals surface area contributed by atoms with Gasteiger partial charge in [-0.1, -0.05) is 38.5 Å². The van der Waals surface area contributed by atoms with Crippen LogP contribution in [0.25, 0.3) is 0 Å². The zero-order chi connectivity index (χ0) is 19.3. The number of ether oxygens (including phenoxy) is 2. The molecule has 0 heterocycles. The fraction of sp³-hybridized carbons (Fsp3) is 0.565. The van der Waals surface area contributed by atoms with Crippen molar-refractivity contribution >= 4 is 0 Å². The highest BCUT2D eigenvalue weighted by atomic mass is 16.5. The Morgan fingerprint density at radius 3 is 2.31 bits per heavy atom. The van der Waals surface area contributed by atoms with Gasteiger partial charge in [0, 0.05) is 11.5 Å². The Labute approximate surface area is 158 Å². The molecule has 3 nitrogen and oxygen atoms in total. The number of hydrogen-bond acceptors (Lipinski definition) is 3. The summed E-state index contributed by atoms with van der Waals surface area (Å²) in [5.74, 6) is 1.63. The zero-order valence-corrected chi connectivity index (χ0v) is 16.8. The molecule has 0 unspecified atom stereocenters. The van der Waals surface area contributed by atoms with Crippen LogP contribution in [0.5, 0.6) is 11.5 Å². The molecule has 0 radical (unpaired) electrons. The van der Waals surface area contributed by atoms with Gasteiger partial charge in [-0.05, 0) is 61.8 Å². The van der Waals surface area contributed by atoms with Crippen LogP contribution in [0.2, 0.25) is 0 Å². The van der Waals surface area contributed by atoms with E-state index in [0.717, 1.165) is 53.9 Å². The summed E-state index contributed by atoms with van der Waals surface area (Å²) in [6.07, 6.45) is 5.73. The van der Waals surface area contributed by atoms with E-state index in [-0.39, 0.29) is 11.8 Å². The largest absolute Gasteiger partial charge is 0.496 e. The summed E-state index contributed by atoms with van der Waals surface area (Å²) in [5, 5.41) is 10.9. The van der Waals surface area contributed by atoms with E-state index in [1.54, 1.807) is 14.2 Å². The van der Waals surface area contributed by atoms with Crippen molar-refractivity contribution in [3.05, 3.63) is 47.6 Å². The molecule has 3 atom stereocenters. The van der Waals surface area contributed by atoms with Crippen LogP contribution in [0.1, 0.15) is 63.0 Å². The Kier molecular flexibility index (Phi) is 7.33. The molecule has 0 spiro atoms. The third-order valence-electron chi connectivity index (χ3n) is 5.61.